The Morgan fingerprint density at radius 2 is 1.74 bits per heavy atom. The maximum atomic E-state index is 13.3. The summed E-state index contributed by atoms with van der Waals surface area (Å²) in [5.41, 5.74) is 0.323. The van der Waals surface area contributed by atoms with Crippen LogP contribution >= 0.6 is 0 Å². The standard InChI is InChI=1S/C14H12FNO3/c15-7-2-1-3-8(6-7)16-13(17)11-9-4-5-10(19-9)12(11)14(16)18/h1-3,6,9-12H,4-5H2/t9-,10?,11+,12?/m1/s1. The van der Waals surface area contributed by atoms with Crippen LogP contribution in [0.5, 0.6) is 0 Å². The molecule has 0 spiro atoms. The molecule has 2 bridgehead atoms. The summed E-state index contributed by atoms with van der Waals surface area (Å²) in [6.07, 6.45) is 1.40. The van der Waals surface area contributed by atoms with Crippen molar-refractivity contribution in [1.82, 2.24) is 0 Å². The van der Waals surface area contributed by atoms with E-state index in [2.05, 4.69) is 0 Å². The van der Waals surface area contributed by atoms with E-state index >= 15 is 0 Å². The highest BCUT2D eigenvalue weighted by Crippen LogP contribution is 2.49. The predicted molar refractivity (Wildman–Crippen MR) is 63.8 cm³/mol. The Labute approximate surface area is 109 Å². The summed E-state index contributed by atoms with van der Waals surface area (Å²) in [7, 11) is 0. The van der Waals surface area contributed by atoms with Gasteiger partial charge in [-0.2, -0.15) is 0 Å². The third kappa shape index (κ3) is 1.36. The van der Waals surface area contributed by atoms with E-state index in [0.29, 0.717) is 5.69 Å². The lowest BCUT2D eigenvalue weighted by molar-refractivity contribution is -0.124. The molecule has 3 aliphatic heterocycles. The van der Waals surface area contributed by atoms with Crippen LogP contribution in [0.4, 0.5) is 10.1 Å². The van der Waals surface area contributed by atoms with E-state index in [1.807, 2.05) is 0 Å². The van der Waals surface area contributed by atoms with Crippen LogP contribution in [-0.4, -0.2) is 24.0 Å². The molecule has 0 aromatic heterocycles. The summed E-state index contributed by atoms with van der Waals surface area (Å²) >= 11 is 0. The molecule has 3 aliphatic rings. The van der Waals surface area contributed by atoms with Gasteiger partial charge in [0.1, 0.15) is 5.82 Å². The van der Waals surface area contributed by atoms with Gasteiger partial charge < -0.3 is 4.74 Å². The van der Waals surface area contributed by atoms with Crippen molar-refractivity contribution in [1.29, 1.82) is 0 Å². The van der Waals surface area contributed by atoms with Gasteiger partial charge in [0, 0.05) is 0 Å². The SMILES string of the molecule is O=C1C2C3CC[C@@H](O3)[C@@H]2C(=O)N1c1cccc(F)c1. The van der Waals surface area contributed by atoms with Gasteiger partial charge in [-0.25, -0.2) is 9.29 Å². The number of hydrogen-bond acceptors (Lipinski definition) is 3. The molecule has 0 aliphatic carbocycles. The van der Waals surface area contributed by atoms with Crippen LogP contribution in [0.1, 0.15) is 12.8 Å². The lowest BCUT2D eigenvalue weighted by atomic mass is 9.81. The molecule has 19 heavy (non-hydrogen) atoms. The van der Waals surface area contributed by atoms with Gasteiger partial charge in [0.05, 0.1) is 29.7 Å². The Kier molecular flexibility index (Phi) is 2.12. The fourth-order valence-electron chi connectivity index (χ4n) is 3.58. The molecule has 3 heterocycles. The van der Waals surface area contributed by atoms with Gasteiger partial charge >= 0.3 is 0 Å². The van der Waals surface area contributed by atoms with Gasteiger partial charge in [-0.15, -0.1) is 0 Å². The zero-order chi connectivity index (χ0) is 13.1. The second kappa shape index (κ2) is 3.63. The third-order valence-corrected chi connectivity index (χ3v) is 4.35. The zero-order valence-electron chi connectivity index (χ0n) is 10.1. The van der Waals surface area contributed by atoms with E-state index in [4.69, 9.17) is 4.74 Å². The summed E-state index contributed by atoms with van der Waals surface area (Å²) < 4.78 is 18.9. The van der Waals surface area contributed by atoms with Gasteiger partial charge in [0.25, 0.3) is 0 Å². The van der Waals surface area contributed by atoms with Gasteiger partial charge in [0.15, 0.2) is 0 Å². The zero-order valence-corrected chi connectivity index (χ0v) is 10.1. The molecule has 3 fully saturated rings. The summed E-state index contributed by atoms with van der Waals surface area (Å²) in [6.45, 7) is 0. The van der Waals surface area contributed by atoms with E-state index in [0.717, 1.165) is 17.7 Å². The molecule has 4 atom stereocenters. The Morgan fingerprint density at radius 3 is 2.32 bits per heavy atom. The van der Waals surface area contributed by atoms with E-state index in [1.165, 1.54) is 18.2 Å². The molecule has 0 radical (unpaired) electrons. The first-order valence-electron chi connectivity index (χ1n) is 6.45. The monoisotopic (exact) mass is 261 g/mol. The van der Waals surface area contributed by atoms with E-state index in [9.17, 15) is 14.0 Å². The lowest BCUT2D eigenvalue weighted by Gasteiger charge is -2.17. The summed E-state index contributed by atoms with van der Waals surface area (Å²) in [4.78, 5) is 25.9. The number of rotatable bonds is 1. The molecule has 0 N–H and O–H groups in total. The van der Waals surface area contributed by atoms with Crippen LogP contribution in [-0.2, 0) is 14.3 Å². The highest BCUT2D eigenvalue weighted by molar-refractivity contribution is 6.22. The van der Waals surface area contributed by atoms with Crippen LogP contribution < -0.4 is 4.90 Å². The summed E-state index contributed by atoms with van der Waals surface area (Å²) in [5.74, 6) is -1.67. The number of nitrogens with zero attached hydrogens (tertiary/aromatic N) is 1. The van der Waals surface area contributed by atoms with Crippen LogP contribution in [0.3, 0.4) is 0 Å². The topological polar surface area (TPSA) is 46.6 Å². The number of halogens is 1. The Morgan fingerprint density at radius 1 is 1.11 bits per heavy atom. The van der Waals surface area contributed by atoms with Crippen molar-refractivity contribution in [2.45, 2.75) is 25.0 Å². The Balaban J connectivity index is 1.75. The molecular weight excluding hydrogens is 249 g/mol. The minimum atomic E-state index is -0.450. The predicted octanol–water partition coefficient (Wildman–Crippen LogP) is 1.49. The number of anilines is 1. The molecule has 1 aromatic carbocycles. The average Bonchev–Trinajstić information content (AvgIpc) is 3.04. The number of carbonyl (C=O) groups excluding carboxylic acids is 2. The summed E-state index contributed by atoms with van der Waals surface area (Å²) in [6, 6.07) is 5.61. The molecule has 1 aromatic rings. The van der Waals surface area contributed by atoms with Crippen LogP contribution in [0, 0.1) is 17.7 Å². The second-order valence-corrected chi connectivity index (χ2v) is 5.33. The first-order chi connectivity index (χ1) is 9.16. The van der Waals surface area contributed by atoms with Crippen LogP contribution in [0.15, 0.2) is 24.3 Å². The van der Waals surface area contributed by atoms with Gasteiger partial charge in [-0.1, -0.05) is 6.07 Å². The first-order valence-corrected chi connectivity index (χ1v) is 6.45. The largest absolute Gasteiger partial charge is 0.373 e. The lowest BCUT2D eigenvalue weighted by Crippen LogP contribution is -2.34. The van der Waals surface area contributed by atoms with Crippen LogP contribution in [0.2, 0.25) is 0 Å². The van der Waals surface area contributed by atoms with Crippen molar-refractivity contribution < 1.29 is 18.7 Å². The van der Waals surface area contributed by atoms with Crippen LogP contribution in [0.25, 0.3) is 0 Å². The number of hydrogen-bond donors (Lipinski definition) is 0. The fraction of sp³-hybridized carbons (Fsp3) is 0.429. The minimum Gasteiger partial charge on any atom is -0.373 e. The minimum absolute atomic E-state index is 0.134. The molecular formula is C14H12FNO3. The normalized spacial score (nSPS) is 36.2. The van der Waals surface area contributed by atoms with Crippen molar-refractivity contribution in [2.24, 2.45) is 11.8 Å². The number of ether oxygens (including phenoxy) is 1. The van der Waals surface area contributed by atoms with Crippen molar-refractivity contribution in [3.63, 3.8) is 0 Å². The van der Waals surface area contributed by atoms with Crippen molar-refractivity contribution >= 4 is 17.5 Å². The molecule has 98 valence electrons. The Hall–Kier alpha value is -1.75. The van der Waals surface area contributed by atoms with Crippen molar-refractivity contribution in [3.8, 4) is 0 Å². The molecule has 4 nitrogen and oxygen atoms in total. The maximum Gasteiger partial charge on any atom is 0.240 e. The molecule has 5 heteroatoms. The molecule has 2 unspecified atom stereocenters. The number of amides is 2. The van der Waals surface area contributed by atoms with Crippen molar-refractivity contribution in [2.75, 3.05) is 4.90 Å². The van der Waals surface area contributed by atoms with Gasteiger partial charge in [-0.05, 0) is 31.0 Å². The number of carbonyl (C=O) groups is 2. The van der Waals surface area contributed by atoms with E-state index in [-0.39, 0.29) is 35.9 Å². The maximum absolute atomic E-state index is 13.3. The number of benzene rings is 1. The third-order valence-electron chi connectivity index (χ3n) is 4.35. The molecule has 3 saturated heterocycles. The summed E-state index contributed by atoms with van der Waals surface area (Å²) in [5, 5.41) is 0. The molecule has 2 amide bonds. The number of fused-ring (bicyclic) bond motifs is 5. The van der Waals surface area contributed by atoms with E-state index in [1.54, 1.807) is 6.07 Å². The average molecular weight is 261 g/mol. The highest BCUT2D eigenvalue weighted by atomic mass is 19.1. The first kappa shape index (κ1) is 11.1. The molecule has 4 rings (SSSR count). The van der Waals surface area contributed by atoms with Crippen molar-refractivity contribution in [3.05, 3.63) is 30.1 Å². The Bertz CT molecular complexity index is 560. The fourth-order valence-corrected chi connectivity index (χ4v) is 3.58. The second-order valence-electron chi connectivity index (χ2n) is 5.33. The van der Waals surface area contributed by atoms with Gasteiger partial charge in [-0.3, -0.25) is 9.59 Å². The highest BCUT2D eigenvalue weighted by Gasteiger charge is 2.62. The van der Waals surface area contributed by atoms with E-state index < -0.39 is 5.82 Å². The number of imide groups is 1. The molecule has 0 saturated carbocycles. The smallest absolute Gasteiger partial charge is 0.240 e. The van der Waals surface area contributed by atoms with Gasteiger partial charge in [0.2, 0.25) is 11.8 Å². The quantitative estimate of drug-likeness (QED) is 0.720.